The molecule has 0 saturated heterocycles. The number of carbonyl (C=O) groups excluding carboxylic acids is 2. The fraction of sp³-hybridized carbons (Fsp3) is 0.600. The molecule has 1 aromatic carbocycles. The molecule has 0 aromatic heterocycles. The fourth-order valence-corrected chi connectivity index (χ4v) is 4.52. The molecule has 1 aromatic rings. The molecule has 0 unspecified atom stereocenters. The predicted octanol–water partition coefficient (Wildman–Crippen LogP) is 4.38. The lowest BCUT2D eigenvalue weighted by molar-refractivity contribution is -0.757. The van der Waals surface area contributed by atoms with Crippen LogP contribution in [0.5, 0.6) is 5.75 Å². The van der Waals surface area contributed by atoms with Crippen molar-refractivity contribution in [3.05, 3.63) is 64.8 Å². The number of hydrogen-bond acceptors (Lipinski definition) is 10. The van der Waals surface area contributed by atoms with Crippen LogP contribution in [0, 0.1) is 22.0 Å². The van der Waals surface area contributed by atoms with Crippen LogP contribution in [0.15, 0.2) is 54.6 Å². The number of aliphatic hydroxyl groups is 2. The Kier molecular flexibility index (Phi) is 16.1. The molecule has 1 saturated carbocycles. The van der Waals surface area contributed by atoms with E-state index in [0.717, 1.165) is 6.08 Å². The third-order valence-electron chi connectivity index (χ3n) is 6.81. The van der Waals surface area contributed by atoms with Crippen molar-refractivity contribution in [1.29, 1.82) is 0 Å². The average Bonchev–Trinajstić information content (AvgIpc) is 3.25. The molecule has 0 aliphatic heterocycles. The number of allylic oxidation sites excluding steroid dienone is 2. The number of halogens is 2. The number of amides is 1. The van der Waals surface area contributed by atoms with Crippen molar-refractivity contribution in [2.24, 2.45) is 11.8 Å². The maximum atomic E-state index is 14.4. The van der Waals surface area contributed by atoms with E-state index >= 15 is 0 Å². The van der Waals surface area contributed by atoms with Crippen LogP contribution in [-0.4, -0.2) is 78.0 Å². The molecule has 0 radical (unpaired) electrons. The second-order valence-corrected chi connectivity index (χ2v) is 10.6. The van der Waals surface area contributed by atoms with Gasteiger partial charge in [-0.3, -0.25) is 4.79 Å². The minimum Gasteiger partial charge on any atom is -0.487 e. The van der Waals surface area contributed by atoms with Gasteiger partial charge in [0.05, 0.1) is 31.5 Å². The van der Waals surface area contributed by atoms with Crippen molar-refractivity contribution in [2.45, 2.75) is 76.0 Å². The molecule has 0 bridgehead atoms. The molecule has 0 heterocycles. The van der Waals surface area contributed by atoms with Crippen molar-refractivity contribution in [3.8, 4) is 5.75 Å². The van der Waals surface area contributed by atoms with Crippen molar-refractivity contribution in [2.75, 3.05) is 26.4 Å². The topological polar surface area (TPSA) is 167 Å². The first kappa shape index (κ1) is 36.4. The molecule has 246 valence electrons. The van der Waals surface area contributed by atoms with Crippen LogP contribution in [0.1, 0.15) is 51.9 Å². The van der Waals surface area contributed by atoms with Crippen molar-refractivity contribution in [1.82, 2.24) is 5.32 Å². The summed E-state index contributed by atoms with van der Waals surface area (Å²) in [6, 6.07) is 7.79. The van der Waals surface area contributed by atoms with Gasteiger partial charge < -0.3 is 34.6 Å². The minimum atomic E-state index is -3.26. The van der Waals surface area contributed by atoms with Crippen molar-refractivity contribution < 1.29 is 52.7 Å². The van der Waals surface area contributed by atoms with Gasteiger partial charge in [-0.15, -0.1) is 10.1 Å². The molecule has 5 atom stereocenters. The summed E-state index contributed by atoms with van der Waals surface area (Å²) in [7, 11) is 0. The molecule has 1 fully saturated rings. The standard InChI is InChI=1S/C30H42F2N2O10/c1-22(33-29(38)41-17-9-10-18-44-34(39)40)20-42-28(37)14-8-3-2-7-13-24-25(27(36)19-26(24)35)15-16-30(31,32)21-43-23-11-5-4-6-12-23/h2,4-7,11-12,15-16,22,24-27,35-36H,3,8-10,13-14,17-21H2,1H3,(H,33,38)/b7-2-,16-15+/t22-,24+,25+,26-,27+/m0/s1. The lowest BCUT2D eigenvalue weighted by Gasteiger charge is -2.20. The SMILES string of the molecule is C[C@@H](COC(=O)CCC/C=C\C[C@@H]1[C@@H](/C=C/C(F)(F)COc2ccccc2)[C@H](O)C[C@@H]1O)NC(=O)OCCCCO[N+](=O)[O-]. The third-order valence-corrected chi connectivity index (χ3v) is 6.81. The number of nitrogens with zero attached hydrogens (tertiary/aromatic N) is 1. The average molecular weight is 629 g/mol. The number of alkyl carbamates (subject to hydrolysis) is 1. The Bertz CT molecular complexity index is 1070. The van der Waals surface area contributed by atoms with E-state index in [4.69, 9.17) is 14.2 Å². The molecule has 3 N–H and O–H groups in total. The summed E-state index contributed by atoms with van der Waals surface area (Å²) in [5.74, 6) is -4.45. The molecule has 1 amide bonds. The quantitative estimate of drug-likeness (QED) is 0.0620. The molecule has 44 heavy (non-hydrogen) atoms. The summed E-state index contributed by atoms with van der Waals surface area (Å²) in [5.41, 5.74) is 0. The summed E-state index contributed by atoms with van der Waals surface area (Å²) in [4.78, 5) is 37.9. The Morgan fingerprint density at radius 3 is 2.57 bits per heavy atom. The molecular formula is C30H42F2N2O10. The van der Waals surface area contributed by atoms with Crippen LogP contribution in [0.4, 0.5) is 13.6 Å². The van der Waals surface area contributed by atoms with E-state index < -0.39 is 59.8 Å². The smallest absolute Gasteiger partial charge is 0.407 e. The highest BCUT2D eigenvalue weighted by Gasteiger charge is 2.40. The van der Waals surface area contributed by atoms with Gasteiger partial charge in [-0.25, -0.2) is 4.79 Å². The number of carbonyl (C=O) groups is 2. The number of aliphatic hydroxyl groups excluding tert-OH is 2. The Morgan fingerprint density at radius 1 is 1.11 bits per heavy atom. The third kappa shape index (κ3) is 15.1. The summed E-state index contributed by atoms with van der Waals surface area (Å²) >= 11 is 0. The Morgan fingerprint density at radius 2 is 1.84 bits per heavy atom. The maximum Gasteiger partial charge on any atom is 0.407 e. The van der Waals surface area contributed by atoms with E-state index in [1.807, 2.05) is 12.2 Å². The lowest BCUT2D eigenvalue weighted by atomic mass is 9.89. The summed E-state index contributed by atoms with van der Waals surface area (Å²) < 4.78 is 44.0. The molecule has 1 aliphatic rings. The van der Waals surface area contributed by atoms with E-state index in [1.165, 1.54) is 6.08 Å². The van der Waals surface area contributed by atoms with Gasteiger partial charge in [0.25, 0.3) is 11.0 Å². The zero-order chi connectivity index (χ0) is 32.4. The number of para-hydroxylation sites is 1. The maximum absolute atomic E-state index is 14.4. The summed E-state index contributed by atoms with van der Waals surface area (Å²) in [5, 5.41) is 32.4. The number of rotatable bonds is 20. The summed E-state index contributed by atoms with van der Waals surface area (Å²) in [6.45, 7) is 0.724. The Labute approximate surface area is 255 Å². The van der Waals surface area contributed by atoms with Crippen LogP contribution in [0.2, 0.25) is 0 Å². The predicted molar refractivity (Wildman–Crippen MR) is 154 cm³/mol. The van der Waals surface area contributed by atoms with Gasteiger partial charge in [0.1, 0.15) is 12.4 Å². The Balaban J connectivity index is 1.62. The van der Waals surface area contributed by atoms with Gasteiger partial charge in [-0.05, 0) is 63.2 Å². The number of esters is 1. The van der Waals surface area contributed by atoms with Crippen LogP contribution in [0.25, 0.3) is 0 Å². The highest BCUT2D eigenvalue weighted by atomic mass is 19.3. The van der Waals surface area contributed by atoms with E-state index in [-0.39, 0.29) is 32.7 Å². The first-order valence-electron chi connectivity index (χ1n) is 14.6. The van der Waals surface area contributed by atoms with Crippen molar-refractivity contribution >= 4 is 12.1 Å². The van der Waals surface area contributed by atoms with E-state index in [2.05, 4.69) is 10.2 Å². The van der Waals surface area contributed by atoms with Crippen molar-refractivity contribution in [3.63, 3.8) is 0 Å². The number of unbranched alkanes of at least 4 members (excludes halogenated alkanes) is 2. The molecule has 12 nitrogen and oxygen atoms in total. The van der Waals surface area contributed by atoms with Crippen LogP contribution in [-0.2, 0) is 19.1 Å². The zero-order valence-corrected chi connectivity index (χ0v) is 24.7. The molecule has 14 heteroatoms. The highest BCUT2D eigenvalue weighted by Crippen LogP contribution is 2.37. The molecule has 1 aliphatic carbocycles. The normalized spacial score (nSPS) is 20.8. The molecule has 0 spiro atoms. The first-order chi connectivity index (χ1) is 21.0. The summed E-state index contributed by atoms with van der Waals surface area (Å²) in [6.07, 6.45) is 5.54. The van der Waals surface area contributed by atoms with Crippen LogP contribution < -0.4 is 10.1 Å². The highest BCUT2D eigenvalue weighted by molar-refractivity contribution is 5.69. The minimum absolute atomic E-state index is 0.0469. The van der Waals surface area contributed by atoms with Gasteiger partial charge in [-0.1, -0.05) is 36.4 Å². The first-order valence-corrected chi connectivity index (χ1v) is 14.6. The molecular weight excluding hydrogens is 586 g/mol. The van der Waals surface area contributed by atoms with E-state index in [9.17, 15) is 38.7 Å². The Hall–Kier alpha value is -3.78. The zero-order valence-electron chi connectivity index (χ0n) is 24.7. The van der Waals surface area contributed by atoms with Gasteiger partial charge in [0.15, 0.2) is 6.61 Å². The number of hydrogen-bond donors (Lipinski definition) is 3. The second kappa shape index (κ2) is 19.5. The number of nitrogens with one attached hydrogen (secondary N) is 1. The number of alkyl halides is 2. The lowest BCUT2D eigenvalue weighted by Crippen LogP contribution is -2.37. The fourth-order valence-electron chi connectivity index (χ4n) is 4.52. The van der Waals surface area contributed by atoms with Crippen LogP contribution in [0.3, 0.4) is 0 Å². The van der Waals surface area contributed by atoms with E-state index in [1.54, 1.807) is 37.3 Å². The van der Waals surface area contributed by atoms with Gasteiger partial charge in [0, 0.05) is 18.8 Å². The van der Waals surface area contributed by atoms with Crippen LogP contribution >= 0.6 is 0 Å². The second-order valence-electron chi connectivity index (χ2n) is 10.6. The van der Waals surface area contributed by atoms with E-state index in [0.29, 0.717) is 37.9 Å². The van der Waals surface area contributed by atoms with Gasteiger partial charge >= 0.3 is 12.1 Å². The van der Waals surface area contributed by atoms with Gasteiger partial charge in [0.2, 0.25) is 0 Å². The number of benzene rings is 1. The number of ether oxygens (including phenoxy) is 3. The monoisotopic (exact) mass is 628 g/mol. The molecule has 2 rings (SSSR count). The van der Waals surface area contributed by atoms with Gasteiger partial charge in [-0.2, -0.15) is 8.78 Å². The largest absolute Gasteiger partial charge is 0.487 e.